The molecule has 1 unspecified atom stereocenters. The molecule has 3 rings (SSSR count). The molecule has 0 aliphatic heterocycles. The van der Waals surface area contributed by atoms with Gasteiger partial charge in [0.15, 0.2) is 0 Å². The number of amides is 2. The van der Waals surface area contributed by atoms with Crippen LogP contribution in [0.3, 0.4) is 0 Å². The number of nitrogens with zero attached hydrogens (tertiary/aromatic N) is 3. The second kappa shape index (κ2) is 12.4. The number of carbonyl (C=O) groups is 2. The van der Waals surface area contributed by atoms with Gasteiger partial charge in [-0.2, -0.15) is 0 Å². The molecule has 1 atom stereocenters. The van der Waals surface area contributed by atoms with Gasteiger partial charge in [-0.25, -0.2) is 8.42 Å². The van der Waals surface area contributed by atoms with Gasteiger partial charge in [0, 0.05) is 29.7 Å². The van der Waals surface area contributed by atoms with E-state index < -0.39 is 33.4 Å². The maximum atomic E-state index is 13.6. The van der Waals surface area contributed by atoms with Gasteiger partial charge in [0.25, 0.3) is 5.69 Å². The van der Waals surface area contributed by atoms with Crippen LogP contribution in [0.25, 0.3) is 0 Å². The zero-order valence-corrected chi connectivity index (χ0v) is 22.4. The highest BCUT2D eigenvalue weighted by Crippen LogP contribution is 2.24. The number of non-ortho nitro benzene ring substituents is 1. The van der Waals surface area contributed by atoms with Crippen LogP contribution in [0.1, 0.15) is 44.6 Å². The predicted molar refractivity (Wildman–Crippen MR) is 142 cm³/mol. The van der Waals surface area contributed by atoms with Gasteiger partial charge in [0.1, 0.15) is 12.6 Å². The van der Waals surface area contributed by atoms with Gasteiger partial charge in [0.05, 0.1) is 16.9 Å². The third kappa shape index (κ3) is 7.90. The second-order valence-electron chi connectivity index (χ2n) is 9.21. The smallest absolute Gasteiger partial charge is 0.271 e. The van der Waals surface area contributed by atoms with E-state index in [1.165, 1.54) is 23.1 Å². The molecule has 1 saturated carbocycles. The molecule has 0 heterocycles. The van der Waals surface area contributed by atoms with Gasteiger partial charge >= 0.3 is 0 Å². The molecule has 0 aromatic heterocycles. The molecule has 1 fully saturated rings. The molecule has 10 nitrogen and oxygen atoms in total. The zero-order chi connectivity index (χ0) is 27.2. The Hall–Kier alpha value is -3.18. The summed E-state index contributed by atoms with van der Waals surface area (Å²) in [6, 6.07) is 11.0. The number of nitro benzene ring substituents is 1. The van der Waals surface area contributed by atoms with Gasteiger partial charge < -0.3 is 10.2 Å². The molecular formula is C25H31ClN4O6S. The lowest BCUT2D eigenvalue weighted by Gasteiger charge is -2.33. The van der Waals surface area contributed by atoms with E-state index in [1.807, 2.05) is 0 Å². The molecule has 2 amide bonds. The van der Waals surface area contributed by atoms with Crippen LogP contribution < -0.4 is 9.62 Å². The van der Waals surface area contributed by atoms with Gasteiger partial charge in [-0.3, -0.25) is 24.0 Å². The Balaban J connectivity index is 1.89. The van der Waals surface area contributed by atoms with E-state index in [-0.39, 0.29) is 29.9 Å². The fourth-order valence-electron chi connectivity index (χ4n) is 4.31. The molecule has 2 aromatic carbocycles. The van der Waals surface area contributed by atoms with Crippen LogP contribution in [0, 0.1) is 10.1 Å². The van der Waals surface area contributed by atoms with E-state index in [4.69, 9.17) is 11.6 Å². The summed E-state index contributed by atoms with van der Waals surface area (Å²) in [5.74, 6) is -0.950. The van der Waals surface area contributed by atoms with Crippen LogP contribution in [-0.2, 0) is 26.2 Å². The fourth-order valence-corrected chi connectivity index (χ4v) is 5.28. The monoisotopic (exact) mass is 550 g/mol. The number of carbonyl (C=O) groups excluding carboxylic acids is 2. The average molecular weight is 551 g/mol. The second-order valence-corrected chi connectivity index (χ2v) is 11.6. The van der Waals surface area contributed by atoms with Crippen molar-refractivity contribution in [3.8, 4) is 0 Å². The summed E-state index contributed by atoms with van der Waals surface area (Å²) < 4.78 is 26.1. The van der Waals surface area contributed by atoms with E-state index >= 15 is 0 Å². The first-order chi connectivity index (χ1) is 17.5. The van der Waals surface area contributed by atoms with E-state index in [0.717, 1.165) is 48.7 Å². The largest absolute Gasteiger partial charge is 0.352 e. The quantitative estimate of drug-likeness (QED) is 0.353. The molecule has 1 aliphatic rings. The summed E-state index contributed by atoms with van der Waals surface area (Å²) in [6.45, 7) is 1.01. The molecule has 1 N–H and O–H groups in total. The maximum Gasteiger partial charge on any atom is 0.271 e. The normalized spacial score (nSPS) is 15.0. The number of benzene rings is 2. The van der Waals surface area contributed by atoms with Gasteiger partial charge in [-0.05, 0) is 43.5 Å². The Labute approximate surface area is 221 Å². The minimum atomic E-state index is -3.99. The average Bonchev–Trinajstić information content (AvgIpc) is 2.86. The lowest BCUT2D eigenvalue weighted by atomic mass is 9.95. The van der Waals surface area contributed by atoms with E-state index in [9.17, 15) is 28.1 Å². The van der Waals surface area contributed by atoms with Gasteiger partial charge in [-0.1, -0.05) is 49.1 Å². The van der Waals surface area contributed by atoms with Crippen molar-refractivity contribution in [3.63, 3.8) is 0 Å². The zero-order valence-electron chi connectivity index (χ0n) is 20.8. The van der Waals surface area contributed by atoms with Crippen LogP contribution in [0.2, 0.25) is 5.02 Å². The van der Waals surface area contributed by atoms with E-state index in [0.29, 0.717) is 10.6 Å². The van der Waals surface area contributed by atoms with Gasteiger partial charge in [-0.15, -0.1) is 0 Å². The van der Waals surface area contributed by atoms with Crippen molar-refractivity contribution < 1.29 is 22.9 Å². The summed E-state index contributed by atoms with van der Waals surface area (Å²) in [7, 11) is -3.99. The minimum Gasteiger partial charge on any atom is -0.352 e. The number of anilines is 1. The lowest BCUT2D eigenvalue weighted by Crippen LogP contribution is -2.52. The minimum absolute atomic E-state index is 0.0178. The number of halogens is 1. The Kier molecular flexibility index (Phi) is 9.50. The van der Waals surface area contributed by atoms with Crippen molar-refractivity contribution in [2.75, 3.05) is 17.1 Å². The molecule has 0 saturated heterocycles. The van der Waals surface area contributed by atoms with Gasteiger partial charge in [0.2, 0.25) is 21.8 Å². The highest BCUT2D eigenvalue weighted by molar-refractivity contribution is 7.92. The molecule has 0 bridgehead atoms. The topological polar surface area (TPSA) is 130 Å². The first kappa shape index (κ1) is 28.4. The van der Waals surface area contributed by atoms with Crippen molar-refractivity contribution in [1.29, 1.82) is 0 Å². The van der Waals surface area contributed by atoms with E-state index in [1.54, 1.807) is 31.2 Å². The summed E-state index contributed by atoms with van der Waals surface area (Å²) in [4.78, 5) is 38.6. The molecule has 0 radical (unpaired) electrons. The fraction of sp³-hybridized carbons (Fsp3) is 0.440. The standard InChI is InChI=1S/C25H31ClN4O6S/c1-18(25(32)27-21-7-4-3-5-8-21)28(16-19-11-13-20(26)14-12-19)24(31)17-29(37(2,35)36)22-9-6-10-23(15-22)30(33)34/h6,9-15,18,21H,3-5,7-8,16-17H2,1-2H3,(H,27,32). The first-order valence-corrected chi connectivity index (χ1v) is 14.2. The Morgan fingerprint density at radius 1 is 1.14 bits per heavy atom. The number of sulfonamides is 1. The molecule has 12 heteroatoms. The highest BCUT2D eigenvalue weighted by Gasteiger charge is 2.31. The summed E-state index contributed by atoms with van der Waals surface area (Å²) >= 11 is 5.99. The molecular weight excluding hydrogens is 520 g/mol. The van der Waals surface area contributed by atoms with E-state index in [2.05, 4.69) is 5.32 Å². The third-order valence-corrected chi connectivity index (χ3v) is 7.79. The maximum absolute atomic E-state index is 13.6. The molecule has 200 valence electrons. The van der Waals surface area contributed by atoms with Crippen LogP contribution in [-0.4, -0.2) is 54.9 Å². The Morgan fingerprint density at radius 3 is 2.38 bits per heavy atom. The summed E-state index contributed by atoms with van der Waals surface area (Å²) in [5.41, 5.74) is 0.379. The number of nitro groups is 1. The van der Waals surface area contributed by atoms with Crippen molar-refractivity contribution in [3.05, 3.63) is 69.2 Å². The molecule has 1 aliphatic carbocycles. The van der Waals surface area contributed by atoms with Crippen molar-refractivity contribution in [1.82, 2.24) is 10.2 Å². The number of hydrogen-bond donors (Lipinski definition) is 1. The predicted octanol–water partition coefficient (Wildman–Crippen LogP) is 3.88. The Morgan fingerprint density at radius 2 is 1.78 bits per heavy atom. The Bertz CT molecular complexity index is 1230. The summed E-state index contributed by atoms with van der Waals surface area (Å²) in [5, 5.41) is 14.8. The number of nitrogens with one attached hydrogen (secondary N) is 1. The highest BCUT2D eigenvalue weighted by atomic mass is 35.5. The molecule has 0 spiro atoms. The van der Waals surface area contributed by atoms with Crippen LogP contribution in [0.5, 0.6) is 0 Å². The van der Waals surface area contributed by atoms with Crippen molar-refractivity contribution in [2.24, 2.45) is 0 Å². The van der Waals surface area contributed by atoms with Crippen molar-refractivity contribution >= 4 is 44.8 Å². The molecule has 37 heavy (non-hydrogen) atoms. The third-order valence-electron chi connectivity index (χ3n) is 6.39. The van der Waals surface area contributed by atoms with Crippen LogP contribution in [0.15, 0.2) is 48.5 Å². The number of hydrogen-bond acceptors (Lipinski definition) is 6. The number of rotatable bonds is 10. The molecule has 2 aromatic rings. The van der Waals surface area contributed by atoms with Crippen LogP contribution >= 0.6 is 11.6 Å². The lowest BCUT2D eigenvalue weighted by molar-refractivity contribution is -0.384. The van der Waals surface area contributed by atoms with Crippen LogP contribution in [0.4, 0.5) is 11.4 Å². The van der Waals surface area contributed by atoms with Crippen molar-refractivity contribution in [2.45, 2.75) is 57.7 Å². The SMILES string of the molecule is CC(C(=O)NC1CCCCC1)N(Cc1ccc(Cl)cc1)C(=O)CN(c1cccc([N+](=O)[O-])c1)S(C)(=O)=O. The summed E-state index contributed by atoms with van der Waals surface area (Å²) in [6.07, 6.45) is 5.85. The first-order valence-electron chi connectivity index (χ1n) is 12.0.